The van der Waals surface area contributed by atoms with Crippen molar-refractivity contribution in [3.8, 4) is 11.5 Å². The minimum absolute atomic E-state index is 0.0234. The molecule has 2 aromatic rings. The van der Waals surface area contributed by atoms with Gasteiger partial charge in [0.15, 0.2) is 12.4 Å². The quantitative estimate of drug-likeness (QED) is 0.709. The molecule has 164 valence electrons. The van der Waals surface area contributed by atoms with Gasteiger partial charge in [0.25, 0.3) is 5.91 Å². The summed E-state index contributed by atoms with van der Waals surface area (Å²) in [7, 11) is 0. The van der Waals surface area contributed by atoms with Gasteiger partial charge < -0.3 is 14.4 Å². The molecule has 5 nitrogen and oxygen atoms in total. The number of benzene rings is 2. The molecule has 2 aliphatic heterocycles. The van der Waals surface area contributed by atoms with Crippen LogP contribution in [0.5, 0.6) is 11.5 Å². The molecule has 1 amide bonds. The predicted molar refractivity (Wildman–Crippen MR) is 120 cm³/mol. The predicted octanol–water partition coefficient (Wildman–Crippen LogP) is 4.83. The fourth-order valence-electron chi connectivity index (χ4n) is 4.66. The smallest absolute Gasteiger partial charge is 0.260 e. The lowest BCUT2D eigenvalue weighted by Gasteiger charge is -2.44. The van der Waals surface area contributed by atoms with Gasteiger partial charge in [0.1, 0.15) is 17.1 Å². The van der Waals surface area contributed by atoms with Gasteiger partial charge in [-0.25, -0.2) is 0 Å². The number of piperidine rings is 1. The van der Waals surface area contributed by atoms with Gasteiger partial charge in [-0.15, -0.1) is 0 Å². The van der Waals surface area contributed by atoms with E-state index in [9.17, 15) is 9.59 Å². The number of hydrogen-bond donors (Lipinski definition) is 0. The molecular formula is C26H31NO4. The molecule has 0 aromatic heterocycles. The number of amides is 1. The molecule has 0 N–H and O–H groups in total. The summed E-state index contributed by atoms with van der Waals surface area (Å²) < 4.78 is 12.2. The standard InChI is InChI=1S/C26H31NO4/c1-17(2)20-6-5-7-21(14-20)30-16-24(29)27-10-8-26(9-11-27)15-22(28)25-19(4)12-18(3)13-23(25)31-26/h5-7,12-14,17H,8-11,15-16H2,1-4H3. The van der Waals surface area contributed by atoms with E-state index in [0.717, 1.165) is 16.9 Å². The van der Waals surface area contributed by atoms with Crippen LogP contribution in [-0.4, -0.2) is 41.9 Å². The Morgan fingerprint density at radius 2 is 1.90 bits per heavy atom. The molecule has 1 fully saturated rings. The van der Waals surface area contributed by atoms with Crippen LogP contribution in [0.15, 0.2) is 36.4 Å². The summed E-state index contributed by atoms with van der Waals surface area (Å²) >= 11 is 0. The van der Waals surface area contributed by atoms with Crippen LogP contribution in [-0.2, 0) is 4.79 Å². The molecule has 0 saturated carbocycles. The maximum Gasteiger partial charge on any atom is 0.260 e. The zero-order chi connectivity index (χ0) is 22.2. The molecule has 0 atom stereocenters. The van der Waals surface area contributed by atoms with Crippen molar-refractivity contribution in [1.29, 1.82) is 0 Å². The second-order valence-electron chi connectivity index (χ2n) is 9.24. The van der Waals surface area contributed by atoms with Crippen molar-refractivity contribution >= 4 is 11.7 Å². The van der Waals surface area contributed by atoms with Crippen molar-refractivity contribution in [3.05, 3.63) is 58.7 Å². The third-order valence-corrected chi connectivity index (χ3v) is 6.45. The molecule has 2 heterocycles. The lowest BCUT2D eigenvalue weighted by molar-refractivity contribution is -0.136. The molecular weight excluding hydrogens is 390 g/mol. The summed E-state index contributed by atoms with van der Waals surface area (Å²) in [6.07, 6.45) is 1.68. The maximum atomic E-state index is 12.9. The number of rotatable bonds is 4. The van der Waals surface area contributed by atoms with Gasteiger partial charge in [0.05, 0.1) is 12.0 Å². The van der Waals surface area contributed by atoms with Crippen LogP contribution in [0, 0.1) is 13.8 Å². The summed E-state index contributed by atoms with van der Waals surface area (Å²) in [6.45, 7) is 9.41. The van der Waals surface area contributed by atoms with Crippen LogP contribution in [0.4, 0.5) is 0 Å². The Kier molecular flexibility index (Phi) is 5.78. The number of ether oxygens (including phenoxy) is 2. The van der Waals surface area contributed by atoms with E-state index >= 15 is 0 Å². The van der Waals surface area contributed by atoms with Crippen LogP contribution in [0.3, 0.4) is 0 Å². The van der Waals surface area contributed by atoms with E-state index in [1.807, 2.05) is 49.1 Å². The minimum Gasteiger partial charge on any atom is -0.486 e. The Morgan fingerprint density at radius 1 is 1.16 bits per heavy atom. The van der Waals surface area contributed by atoms with Crippen LogP contribution < -0.4 is 9.47 Å². The lowest BCUT2D eigenvalue weighted by atomic mass is 9.81. The third-order valence-electron chi connectivity index (χ3n) is 6.45. The molecule has 0 aliphatic carbocycles. The Morgan fingerprint density at radius 3 is 2.61 bits per heavy atom. The van der Waals surface area contributed by atoms with E-state index in [-0.39, 0.29) is 18.3 Å². The molecule has 1 spiro atoms. The number of fused-ring (bicyclic) bond motifs is 1. The van der Waals surface area contributed by atoms with Crippen LogP contribution in [0.25, 0.3) is 0 Å². The molecule has 2 aromatic carbocycles. The highest BCUT2D eigenvalue weighted by atomic mass is 16.5. The number of hydrogen-bond acceptors (Lipinski definition) is 4. The van der Waals surface area contributed by atoms with E-state index in [0.29, 0.717) is 49.6 Å². The number of ketones is 1. The molecule has 4 rings (SSSR count). The highest BCUT2D eigenvalue weighted by Gasteiger charge is 2.44. The number of carbonyl (C=O) groups is 2. The second kappa shape index (κ2) is 8.37. The first-order chi connectivity index (χ1) is 14.8. The van der Waals surface area contributed by atoms with Crippen LogP contribution >= 0.6 is 0 Å². The Labute approximate surface area is 184 Å². The summed E-state index contributed by atoms with van der Waals surface area (Å²) in [6, 6.07) is 11.9. The number of carbonyl (C=O) groups excluding carboxylic acids is 2. The average molecular weight is 422 g/mol. The van der Waals surface area contributed by atoms with Gasteiger partial charge in [-0.2, -0.15) is 0 Å². The first-order valence-corrected chi connectivity index (χ1v) is 11.1. The van der Waals surface area contributed by atoms with Crippen molar-refractivity contribution in [1.82, 2.24) is 4.90 Å². The van der Waals surface area contributed by atoms with Crippen molar-refractivity contribution < 1.29 is 19.1 Å². The van der Waals surface area contributed by atoms with Crippen molar-refractivity contribution in [2.45, 2.75) is 58.5 Å². The summed E-state index contributed by atoms with van der Waals surface area (Å²) in [5.74, 6) is 1.94. The SMILES string of the molecule is Cc1cc(C)c2c(c1)OC1(CCN(C(=O)COc3cccc(C(C)C)c3)CC1)CC2=O. The van der Waals surface area contributed by atoms with Crippen molar-refractivity contribution in [2.24, 2.45) is 0 Å². The number of nitrogens with zero attached hydrogens (tertiary/aromatic N) is 1. The summed E-state index contributed by atoms with van der Waals surface area (Å²) in [4.78, 5) is 27.4. The fourth-order valence-corrected chi connectivity index (χ4v) is 4.66. The topological polar surface area (TPSA) is 55.8 Å². The first kappa shape index (κ1) is 21.4. The van der Waals surface area contributed by atoms with Gasteiger partial charge in [0.2, 0.25) is 0 Å². The zero-order valence-electron chi connectivity index (χ0n) is 18.9. The highest BCUT2D eigenvalue weighted by molar-refractivity contribution is 6.01. The van der Waals surface area contributed by atoms with Crippen LogP contribution in [0.1, 0.15) is 66.1 Å². The van der Waals surface area contributed by atoms with E-state index in [1.165, 1.54) is 5.56 Å². The average Bonchev–Trinajstić information content (AvgIpc) is 2.71. The van der Waals surface area contributed by atoms with Gasteiger partial charge in [0, 0.05) is 25.9 Å². The molecule has 5 heteroatoms. The maximum absolute atomic E-state index is 12.9. The Balaban J connectivity index is 1.37. The van der Waals surface area contributed by atoms with E-state index in [4.69, 9.17) is 9.47 Å². The second-order valence-corrected chi connectivity index (χ2v) is 9.24. The van der Waals surface area contributed by atoms with Crippen LogP contribution in [0.2, 0.25) is 0 Å². The zero-order valence-corrected chi connectivity index (χ0v) is 18.9. The monoisotopic (exact) mass is 421 g/mol. The van der Waals surface area contributed by atoms with Gasteiger partial charge in [-0.1, -0.05) is 32.0 Å². The normalized spacial score (nSPS) is 17.5. The van der Waals surface area contributed by atoms with E-state index < -0.39 is 5.60 Å². The third kappa shape index (κ3) is 4.46. The molecule has 31 heavy (non-hydrogen) atoms. The fraction of sp³-hybridized carbons (Fsp3) is 0.462. The van der Waals surface area contributed by atoms with Crippen molar-refractivity contribution in [2.75, 3.05) is 19.7 Å². The highest BCUT2D eigenvalue weighted by Crippen LogP contribution is 2.41. The lowest BCUT2D eigenvalue weighted by Crippen LogP contribution is -2.53. The van der Waals surface area contributed by atoms with E-state index in [1.54, 1.807) is 0 Å². The molecule has 0 bridgehead atoms. The van der Waals surface area contributed by atoms with E-state index in [2.05, 4.69) is 19.9 Å². The summed E-state index contributed by atoms with van der Waals surface area (Å²) in [5.41, 5.74) is 3.46. The van der Waals surface area contributed by atoms with Gasteiger partial charge in [-0.3, -0.25) is 9.59 Å². The minimum atomic E-state index is -0.506. The van der Waals surface area contributed by atoms with Gasteiger partial charge >= 0.3 is 0 Å². The number of Topliss-reactive ketones (excluding diaryl/α,β-unsaturated/α-hetero) is 1. The first-order valence-electron chi connectivity index (χ1n) is 11.1. The molecule has 0 radical (unpaired) electrons. The van der Waals surface area contributed by atoms with Crippen molar-refractivity contribution in [3.63, 3.8) is 0 Å². The molecule has 0 unspecified atom stereocenters. The number of aryl methyl sites for hydroxylation is 2. The summed E-state index contributed by atoms with van der Waals surface area (Å²) in [5, 5.41) is 0. The largest absolute Gasteiger partial charge is 0.486 e. The Bertz CT molecular complexity index is 1000. The van der Waals surface area contributed by atoms with Gasteiger partial charge in [-0.05, 0) is 54.7 Å². The number of likely N-dealkylation sites (tertiary alicyclic amines) is 1. The molecule has 2 aliphatic rings. The molecule has 1 saturated heterocycles. The Hall–Kier alpha value is -2.82.